The van der Waals surface area contributed by atoms with E-state index in [2.05, 4.69) is 50.5 Å². The zero-order chi connectivity index (χ0) is 28.1. The second kappa shape index (κ2) is 13.7. The SMILES string of the molecule is COc1cccc(F)c1-c1nccc(Nc2cc(N3CCC[C@H](N)C3)c(-c3cnn(CCCN(C)C)c3)cn2)n1.Cl. The van der Waals surface area contributed by atoms with Gasteiger partial charge in [0.2, 0.25) is 0 Å². The lowest BCUT2D eigenvalue weighted by Gasteiger charge is -2.34. The summed E-state index contributed by atoms with van der Waals surface area (Å²) >= 11 is 0. The van der Waals surface area contributed by atoms with Crippen LogP contribution >= 0.6 is 12.4 Å². The molecule has 5 rings (SSSR count). The van der Waals surface area contributed by atoms with E-state index in [0.29, 0.717) is 17.4 Å². The Labute approximate surface area is 246 Å². The Balaban J connectivity index is 0.00000387. The highest BCUT2D eigenvalue weighted by Crippen LogP contribution is 2.35. The molecule has 12 heteroatoms. The molecule has 0 radical (unpaired) electrons. The van der Waals surface area contributed by atoms with Gasteiger partial charge in [-0.25, -0.2) is 19.3 Å². The van der Waals surface area contributed by atoms with Crippen LogP contribution in [-0.4, -0.2) is 76.5 Å². The second-order valence-electron chi connectivity index (χ2n) is 10.3. The summed E-state index contributed by atoms with van der Waals surface area (Å²) in [6, 6.07) is 8.49. The number of aromatic nitrogens is 5. The van der Waals surface area contributed by atoms with E-state index in [1.807, 2.05) is 23.1 Å². The van der Waals surface area contributed by atoms with Crippen molar-refractivity contribution in [2.24, 2.45) is 5.73 Å². The number of nitrogens with two attached hydrogens (primary N) is 1. The van der Waals surface area contributed by atoms with Gasteiger partial charge in [0, 0.05) is 67.1 Å². The van der Waals surface area contributed by atoms with Gasteiger partial charge in [0.1, 0.15) is 23.2 Å². The number of anilines is 3. The number of nitrogens with one attached hydrogen (secondary N) is 1. The number of benzene rings is 1. The van der Waals surface area contributed by atoms with E-state index in [9.17, 15) is 4.39 Å². The molecular weight excluding hydrogens is 545 g/mol. The molecule has 0 aliphatic carbocycles. The number of hydrogen-bond acceptors (Lipinski definition) is 9. The van der Waals surface area contributed by atoms with E-state index in [0.717, 1.165) is 62.3 Å². The van der Waals surface area contributed by atoms with Gasteiger partial charge in [0.05, 0.1) is 18.9 Å². The molecular formula is C29H37ClFN9O. The smallest absolute Gasteiger partial charge is 0.168 e. The Bertz CT molecular complexity index is 1450. The molecule has 0 saturated carbocycles. The van der Waals surface area contributed by atoms with Crippen LogP contribution in [0.15, 0.2) is 55.1 Å². The third-order valence-corrected chi connectivity index (χ3v) is 6.95. The van der Waals surface area contributed by atoms with E-state index in [1.54, 1.807) is 24.4 Å². The summed E-state index contributed by atoms with van der Waals surface area (Å²) in [5.41, 5.74) is 9.60. The highest BCUT2D eigenvalue weighted by atomic mass is 35.5. The molecule has 1 saturated heterocycles. The summed E-state index contributed by atoms with van der Waals surface area (Å²) in [5, 5.41) is 7.87. The number of ether oxygens (including phenoxy) is 1. The van der Waals surface area contributed by atoms with Crippen molar-refractivity contribution in [1.29, 1.82) is 0 Å². The van der Waals surface area contributed by atoms with E-state index in [1.165, 1.54) is 13.2 Å². The van der Waals surface area contributed by atoms with Crippen LogP contribution in [0.4, 0.5) is 21.7 Å². The molecule has 10 nitrogen and oxygen atoms in total. The molecule has 0 unspecified atom stereocenters. The lowest BCUT2D eigenvalue weighted by atomic mass is 10.0. The molecule has 1 aromatic carbocycles. The maximum absolute atomic E-state index is 14.7. The third-order valence-electron chi connectivity index (χ3n) is 6.95. The Morgan fingerprint density at radius 3 is 2.80 bits per heavy atom. The zero-order valence-corrected chi connectivity index (χ0v) is 24.4. The van der Waals surface area contributed by atoms with Crippen molar-refractivity contribution in [1.82, 2.24) is 29.6 Å². The van der Waals surface area contributed by atoms with Crippen LogP contribution in [0.5, 0.6) is 5.75 Å². The number of nitrogens with zero attached hydrogens (tertiary/aromatic N) is 7. The topological polar surface area (TPSA) is 110 Å². The average molecular weight is 582 g/mol. The molecule has 3 aromatic heterocycles. The zero-order valence-electron chi connectivity index (χ0n) is 23.6. The van der Waals surface area contributed by atoms with Crippen LogP contribution in [0.1, 0.15) is 19.3 Å². The quantitative estimate of drug-likeness (QED) is 0.278. The number of piperidine rings is 1. The van der Waals surface area contributed by atoms with Gasteiger partial charge < -0.3 is 25.6 Å². The number of hydrogen-bond donors (Lipinski definition) is 2. The summed E-state index contributed by atoms with van der Waals surface area (Å²) in [6.07, 6.45) is 10.5. The fourth-order valence-corrected chi connectivity index (χ4v) is 4.97. The Morgan fingerprint density at radius 2 is 2.02 bits per heavy atom. The Hall–Kier alpha value is -3.80. The maximum atomic E-state index is 14.7. The number of halogens is 2. The van der Waals surface area contributed by atoms with E-state index in [4.69, 9.17) is 15.5 Å². The molecule has 3 N–H and O–H groups in total. The predicted molar refractivity (Wildman–Crippen MR) is 163 cm³/mol. The number of methoxy groups -OCH3 is 1. The molecule has 1 atom stereocenters. The van der Waals surface area contributed by atoms with Crippen molar-refractivity contribution in [3.05, 3.63) is 60.9 Å². The molecule has 1 fully saturated rings. The lowest BCUT2D eigenvalue weighted by molar-refractivity contribution is 0.380. The Morgan fingerprint density at radius 1 is 1.17 bits per heavy atom. The molecule has 1 aliphatic heterocycles. The van der Waals surface area contributed by atoms with Crippen molar-refractivity contribution in [3.63, 3.8) is 0 Å². The molecule has 218 valence electrons. The molecule has 4 aromatic rings. The highest BCUT2D eigenvalue weighted by Gasteiger charge is 2.22. The van der Waals surface area contributed by atoms with Crippen LogP contribution in [0.3, 0.4) is 0 Å². The first-order valence-electron chi connectivity index (χ1n) is 13.5. The van der Waals surface area contributed by atoms with Crippen LogP contribution in [0.2, 0.25) is 0 Å². The minimum absolute atomic E-state index is 0. The minimum Gasteiger partial charge on any atom is -0.496 e. The number of aryl methyl sites for hydroxylation is 1. The standard InChI is InChI=1S/C29H36FN9O.ClH/c1-37(2)12-6-14-39-18-20(16-34-39)22-17-33-27(15-24(22)38-13-5-7-21(31)19-38)35-26-10-11-32-29(36-26)28-23(30)8-4-9-25(28)40-3;/h4,8-11,15-18,21H,5-7,12-14,19,31H2,1-3H3,(H,32,33,35,36);1H/t21-;/m0./s1. The molecule has 1 aliphatic rings. The van der Waals surface area contributed by atoms with Crippen LogP contribution in [0, 0.1) is 5.82 Å². The number of pyridine rings is 1. The maximum Gasteiger partial charge on any atom is 0.168 e. The first-order chi connectivity index (χ1) is 19.4. The van der Waals surface area contributed by atoms with Crippen LogP contribution in [0.25, 0.3) is 22.5 Å². The van der Waals surface area contributed by atoms with Gasteiger partial charge in [0.15, 0.2) is 5.82 Å². The monoisotopic (exact) mass is 581 g/mol. The Kier molecular flexibility index (Phi) is 10.1. The molecule has 0 amide bonds. The van der Waals surface area contributed by atoms with Gasteiger partial charge in [-0.1, -0.05) is 6.07 Å². The summed E-state index contributed by atoms with van der Waals surface area (Å²) in [4.78, 5) is 18.0. The van der Waals surface area contributed by atoms with Crippen molar-refractivity contribution in [2.75, 3.05) is 51.1 Å². The van der Waals surface area contributed by atoms with Crippen molar-refractivity contribution in [2.45, 2.75) is 31.8 Å². The average Bonchev–Trinajstić information content (AvgIpc) is 3.41. The molecule has 0 bridgehead atoms. The second-order valence-corrected chi connectivity index (χ2v) is 10.3. The fraction of sp³-hybridized carbons (Fsp3) is 0.379. The van der Waals surface area contributed by atoms with E-state index >= 15 is 0 Å². The predicted octanol–water partition coefficient (Wildman–Crippen LogP) is 4.59. The lowest BCUT2D eigenvalue weighted by Crippen LogP contribution is -2.43. The highest BCUT2D eigenvalue weighted by molar-refractivity contribution is 5.85. The summed E-state index contributed by atoms with van der Waals surface area (Å²) in [7, 11) is 5.64. The van der Waals surface area contributed by atoms with Gasteiger partial charge >= 0.3 is 0 Å². The van der Waals surface area contributed by atoms with Gasteiger partial charge in [-0.15, -0.1) is 12.4 Å². The van der Waals surface area contributed by atoms with Crippen LogP contribution < -0.4 is 20.7 Å². The first-order valence-corrected chi connectivity index (χ1v) is 13.5. The van der Waals surface area contributed by atoms with Gasteiger partial charge in [-0.3, -0.25) is 4.68 Å². The molecule has 41 heavy (non-hydrogen) atoms. The van der Waals surface area contributed by atoms with E-state index in [-0.39, 0.29) is 29.8 Å². The molecule has 0 spiro atoms. The normalized spacial score (nSPS) is 15.1. The van der Waals surface area contributed by atoms with Crippen molar-refractivity contribution < 1.29 is 9.13 Å². The van der Waals surface area contributed by atoms with Gasteiger partial charge in [-0.05, 0) is 58.1 Å². The van der Waals surface area contributed by atoms with Gasteiger partial charge in [-0.2, -0.15) is 5.10 Å². The summed E-state index contributed by atoms with van der Waals surface area (Å²) in [5.74, 6) is 1.24. The largest absolute Gasteiger partial charge is 0.496 e. The van der Waals surface area contributed by atoms with Crippen LogP contribution in [-0.2, 0) is 6.54 Å². The third kappa shape index (κ3) is 7.29. The molecule has 4 heterocycles. The van der Waals surface area contributed by atoms with Crippen molar-refractivity contribution >= 4 is 29.7 Å². The summed E-state index contributed by atoms with van der Waals surface area (Å²) < 4.78 is 22.0. The van der Waals surface area contributed by atoms with E-state index < -0.39 is 5.82 Å². The number of rotatable bonds is 10. The van der Waals surface area contributed by atoms with Gasteiger partial charge in [0.25, 0.3) is 0 Å². The fourth-order valence-electron chi connectivity index (χ4n) is 4.97. The first kappa shape index (κ1) is 30.2. The minimum atomic E-state index is -0.454. The summed E-state index contributed by atoms with van der Waals surface area (Å²) in [6.45, 7) is 3.52. The van der Waals surface area contributed by atoms with Crippen molar-refractivity contribution in [3.8, 4) is 28.3 Å².